The lowest BCUT2D eigenvalue weighted by atomic mass is 10.2. The molecule has 158 valence electrons. The Kier molecular flexibility index (Phi) is 6.21. The smallest absolute Gasteiger partial charge is 0.410 e. The summed E-state index contributed by atoms with van der Waals surface area (Å²) in [7, 11) is 1.87. The van der Waals surface area contributed by atoms with Crippen LogP contribution < -0.4 is 0 Å². The van der Waals surface area contributed by atoms with Gasteiger partial charge in [0.1, 0.15) is 11.4 Å². The fraction of sp³-hybridized carbons (Fsp3) is 0.579. The van der Waals surface area contributed by atoms with Gasteiger partial charge in [-0.05, 0) is 33.8 Å². The van der Waals surface area contributed by atoms with Crippen LogP contribution in [0, 0.1) is 6.92 Å². The molecule has 3 heterocycles. The molecule has 1 fully saturated rings. The SMILES string of the molecule is Cc1occc1-c1nnc(SCC(=O)N2CCN(C(=O)OC(C)(C)C)CC2)n1C. The molecule has 2 aromatic heterocycles. The van der Waals surface area contributed by atoms with Crippen LogP contribution in [-0.2, 0) is 16.6 Å². The molecular formula is C19H27N5O4S. The van der Waals surface area contributed by atoms with Gasteiger partial charge in [-0.2, -0.15) is 0 Å². The summed E-state index contributed by atoms with van der Waals surface area (Å²) in [5.74, 6) is 1.76. The second-order valence-electron chi connectivity index (χ2n) is 7.89. The van der Waals surface area contributed by atoms with Gasteiger partial charge in [-0.3, -0.25) is 4.79 Å². The Labute approximate surface area is 174 Å². The molecule has 0 spiro atoms. The molecule has 0 N–H and O–H groups in total. The van der Waals surface area contributed by atoms with E-state index in [-0.39, 0.29) is 17.8 Å². The maximum Gasteiger partial charge on any atom is 0.410 e. The fourth-order valence-corrected chi connectivity index (χ4v) is 3.79. The summed E-state index contributed by atoms with van der Waals surface area (Å²) in [5.41, 5.74) is 0.362. The summed E-state index contributed by atoms with van der Waals surface area (Å²) in [4.78, 5) is 28.1. The van der Waals surface area contributed by atoms with E-state index >= 15 is 0 Å². The molecule has 1 aliphatic rings. The topological polar surface area (TPSA) is 93.7 Å². The quantitative estimate of drug-likeness (QED) is 0.700. The van der Waals surface area contributed by atoms with Crippen LogP contribution in [0.3, 0.4) is 0 Å². The van der Waals surface area contributed by atoms with E-state index in [9.17, 15) is 9.59 Å². The number of hydrogen-bond donors (Lipinski definition) is 0. The molecule has 1 aliphatic heterocycles. The van der Waals surface area contributed by atoms with E-state index in [0.29, 0.717) is 37.2 Å². The van der Waals surface area contributed by atoms with Gasteiger partial charge in [-0.15, -0.1) is 10.2 Å². The maximum atomic E-state index is 12.6. The minimum Gasteiger partial charge on any atom is -0.469 e. The normalized spacial score (nSPS) is 14.9. The Hall–Kier alpha value is -2.49. The van der Waals surface area contributed by atoms with Crippen molar-refractivity contribution in [1.29, 1.82) is 0 Å². The van der Waals surface area contributed by atoms with Gasteiger partial charge in [-0.25, -0.2) is 4.79 Å². The molecule has 3 rings (SSSR count). The van der Waals surface area contributed by atoms with Gasteiger partial charge >= 0.3 is 6.09 Å². The number of aromatic nitrogens is 3. The first-order chi connectivity index (χ1) is 13.7. The first kappa shape index (κ1) is 21.2. The second-order valence-corrected chi connectivity index (χ2v) is 8.84. The molecule has 2 amide bonds. The van der Waals surface area contributed by atoms with Crippen molar-refractivity contribution >= 4 is 23.8 Å². The van der Waals surface area contributed by atoms with Crippen molar-refractivity contribution in [2.75, 3.05) is 31.9 Å². The van der Waals surface area contributed by atoms with Crippen LogP contribution in [0.2, 0.25) is 0 Å². The summed E-state index contributed by atoms with van der Waals surface area (Å²) in [5, 5.41) is 9.08. The van der Waals surface area contributed by atoms with Crippen molar-refractivity contribution in [3.8, 4) is 11.4 Å². The summed E-state index contributed by atoms with van der Waals surface area (Å²) < 4.78 is 12.6. The number of carbonyl (C=O) groups excluding carboxylic acids is 2. The third kappa shape index (κ3) is 5.11. The van der Waals surface area contributed by atoms with Gasteiger partial charge in [0.15, 0.2) is 11.0 Å². The standard InChI is InChI=1S/C19H27N5O4S/c1-13-14(6-11-27-13)16-20-21-17(22(16)5)29-12-15(25)23-7-9-24(10-8-23)18(26)28-19(2,3)4/h6,11H,7-10,12H2,1-5H3. The van der Waals surface area contributed by atoms with Crippen molar-refractivity contribution in [1.82, 2.24) is 24.6 Å². The number of carbonyl (C=O) groups is 2. The third-order valence-electron chi connectivity index (χ3n) is 4.54. The molecule has 2 aromatic rings. The number of furan rings is 1. The number of rotatable bonds is 4. The maximum absolute atomic E-state index is 12.6. The number of piperazine rings is 1. The molecule has 1 saturated heterocycles. The molecule has 0 bridgehead atoms. The zero-order valence-corrected chi connectivity index (χ0v) is 18.3. The number of aryl methyl sites for hydroxylation is 1. The van der Waals surface area contributed by atoms with Crippen LogP contribution in [-0.4, -0.2) is 74.1 Å². The van der Waals surface area contributed by atoms with E-state index in [4.69, 9.17) is 9.15 Å². The van der Waals surface area contributed by atoms with Gasteiger partial charge in [0.25, 0.3) is 0 Å². The molecule has 0 radical (unpaired) electrons. The average Bonchev–Trinajstić information content (AvgIpc) is 3.23. The first-order valence-corrected chi connectivity index (χ1v) is 10.5. The first-order valence-electron chi connectivity index (χ1n) is 9.48. The van der Waals surface area contributed by atoms with Crippen LogP contribution in [0.5, 0.6) is 0 Å². The number of thioether (sulfide) groups is 1. The van der Waals surface area contributed by atoms with E-state index < -0.39 is 5.60 Å². The van der Waals surface area contributed by atoms with Crippen LogP contribution in [0.4, 0.5) is 4.79 Å². The molecule has 29 heavy (non-hydrogen) atoms. The van der Waals surface area contributed by atoms with E-state index in [2.05, 4.69) is 10.2 Å². The highest BCUT2D eigenvalue weighted by Crippen LogP contribution is 2.26. The Morgan fingerprint density at radius 3 is 2.41 bits per heavy atom. The molecular weight excluding hydrogens is 394 g/mol. The van der Waals surface area contributed by atoms with Gasteiger partial charge < -0.3 is 23.5 Å². The monoisotopic (exact) mass is 421 g/mol. The largest absolute Gasteiger partial charge is 0.469 e. The van der Waals surface area contributed by atoms with Crippen molar-refractivity contribution in [2.45, 2.75) is 38.5 Å². The highest BCUT2D eigenvalue weighted by atomic mass is 32.2. The molecule has 0 unspecified atom stereocenters. The lowest BCUT2D eigenvalue weighted by molar-refractivity contribution is -0.130. The van der Waals surface area contributed by atoms with Crippen LogP contribution >= 0.6 is 11.8 Å². The molecule has 10 heteroatoms. The highest BCUT2D eigenvalue weighted by Gasteiger charge is 2.28. The summed E-state index contributed by atoms with van der Waals surface area (Å²) in [6, 6.07) is 1.85. The molecule has 0 aromatic carbocycles. The second kappa shape index (κ2) is 8.48. The number of ether oxygens (including phenoxy) is 1. The lowest BCUT2D eigenvalue weighted by Crippen LogP contribution is -2.52. The van der Waals surface area contributed by atoms with Gasteiger partial charge in [-0.1, -0.05) is 11.8 Å². The summed E-state index contributed by atoms with van der Waals surface area (Å²) >= 11 is 1.35. The van der Waals surface area contributed by atoms with Crippen LogP contribution in [0.15, 0.2) is 21.9 Å². The van der Waals surface area contributed by atoms with Crippen LogP contribution in [0.1, 0.15) is 26.5 Å². The molecule has 0 atom stereocenters. The number of hydrogen-bond acceptors (Lipinski definition) is 7. The van der Waals surface area contributed by atoms with E-state index in [1.165, 1.54) is 11.8 Å². The molecule has 0 saturated carbocycles. The van der Waals surface area contributed by atoms with E-state index in [1.54, 1.807) is 16.1 Å². The van der Waals surface area contributed by atoms with E-state index in [1.807, 2.05) is 45.4 Å². The van der Waals surface area contributed by atoms with Crippen LogP contribution in [0.25, 0.3) is 11.4 Å². The predicted octanol–water partition coefficient (Wildman–Crippen LogP) is 2.55. The number of nitrogens with zero attached hydrogens (tertiary/aromatic N) is 5. The highest BCUT2D eigenvalue weighted by molar-refractivity contribution is 7.99. The average molecular weight is 422 g/mol. The van der Waals surface area contributed by atoms with Gasteiger partial charge in [0.2, 0.25) is 5.91 Å². The minimum atomic E-state index is -0.523. The fourth-order valence-electron chi connectivity index (χ4n) is 2.97. The van der Waals surface area contributed by atoms with E-state index in [0.717, 1.165) is 11.3 Å². The van der Waals surface area contributed by atoms with Crippen molar-refractivity contribution in [3.05, 3.63) is 18.1 Å². The summed E-state index contributed by atoms with van der Waals surface area (Å²) in [6.07, 6.45) is 1.28. The van der Waals surface area contributed by atoms with Gasteiger partial charge in [0.05, 0.1) is 17.6 Å². The Bertz CT molecular complexity index is 878. The van der Waals surface area contributed by atoms with Gasteiger partial charge in [0, 0.05) is 33.2 Å². The van der Waals surface area contributed by atoms with Crippen molar-refractivity contribution < 1.29 is 18.7 Å². The molecule has 0 aliphatic carbocycles. The number of amides is 2. The Balaban J connectivity index is 1.51. The Morgan fingerprint density at radius 1 is 1.17 bits per heavy atom. The Morgan fingerprint density at radius 2 is 1.83 bits per heavy atom. The minimum absolute atomic E-state index is 0.0166. The third-order valence-corrected chi connectivity index (χ3v) is 5.55. The zero-order chi connectivity index (χ0) is 21.2. The zero-order valence-electron chi connectivity index (χ0n) is 17.5. The molecule has 9 nitrogen and oxygen atoms in total. The predicted molar refractivity (Wildman–Crippen MR) is 109 cm³/mol. The lowest BCUT2D eigenvalue weighted by Gasteiger charge is -2.35. The van der Waals surface area contributed by atoms with Crippen molar-refractivity contribution in [3.63, 3.8) is 0 Å². The van der Waals surface area contributed by atoms with Crippen molar-refractivity contribution in [2.24, 2.45) is 7.05 Å². The summed E-state index contributed by atoms with van der Waals surface area (Å²) in [6.45, 7) is 9.33.